The van der Waals surface area contributed by atoms with Crippen LogP contribution in [0, 0.1) is 0 Å². The number of nitrogens with zero attached hydrogens (tertiary/aromatic N) is 3. The largest absolute Gasteiger partial charge is 0.417 e. The van der Waals surface area contributed by atoms with Gasteiger partial charge in [0.1, 0.15) is 0 Å². The summed E-state index contributed by atoms with van der Waals surface area (Å²) in [5.41, 5.74) is 4.40. The topological polar surface area (TPSA) is 91.3 Å². The zero-order chi connectivity index (χ0) is 39.4. The number of hydrogen-bond donors (Lipinski definition) is 3. The number of rotatable bonds is 1. The van der Waals surface area contributed by atoms with Crippen molar-refractivity contribution in [3.63, 3.8) is 0 Å². The second kappa shape index (κ2) is 10.9. The van der Waals surface area contributed by atoms with Gasteiger partial charge in [0.05, 0.1) is 33.7 Å². The molecule has 2 unspecified atom stereocenters. The number of halogens is 3. The van der Waals surface area contributed by atoms with Crippen molar-refractivity contribution in [2.45, 2.75) is 17.5 Å². The van der Waals surface area contributed by atoms with Gasteiger partial charge in [-0.25, -0.2) is 4.99 Å². The minimum absolute atomic E-state index is 0.168. The Balaban J connectivity index is 1.08. The molecule has 13 rings (SSSR count). The molecular weight excluding hydrogens is 746 g/mol. The van der Waals surface area contributed by atoms with Gasteiger partial charge in [-0.1, -0.05) is 109 Å². The standard InChI is InChI=1S/C49H27F3N6O/c50-49(51,52)41-39(29-21-19-25-9-5-17-35-37(25)44(29)57-47(55-35)31-13-3-1-11-27(31)42-33(47)15-7-23-53-42)46(59)40(41)30-22-20-26-10-6-18-36-38(26)45(30)58-48(56-36)32-14-4-2-12-28(32)43-34(48)16-8-24-54-43/h1-24,55,57-58H/b40-30+. The van der Waals surface area contributed by atoms with Crippen molar-refractivity contribution in [2.24, 2.45) is 4.99 Å². The number of allylic oxidation sites excluding steroid dienone is 2. The number of Topliss-reactive ketones (excluding diaryl/α,β-unsaturated/α-hetero) is 1. The number of anilines is 3. The van der Waals surface area contributed by atoms with Crippen LogP contribution in [0.15, 0.2) is 156 Å². The first-order chi connectivity index (χ1) is 28.8. The Labute approximate surface area is 333 Å². The van der Waals surface area contributed by atoms with Crippen LogP contribution in [-0.2, 0) is 16.1 Å². The minimum Gasteiger partial charge on any atom is -0.355 e. The van der Waals surface area contributed by atoms with Gasteiger partial charge in [0, 0.05) is 84.2 Å². The summed E-state index contributed by atoms with van der Waals surface area (Å²) in [5, 5.41) is 14.8. The van der Waals surface area contributed by atoms with Crippen molar-refractivity contribution in [2.75, 3.05) is 16.0 Å². The Morgan fingerprint density at radius 1 is 0.525 bits per heavy atom. The van der Waals surface area contributed by atoms with Gasteiger partial charge in [-0.15, -0.1) is 0 Å². The first-order valence-electron chi connectivity index (χ1n) is 19.3. The van der Waals surface area contributed by atoms with Crippen LogP contribution in [0.3, 0.4) is 0 Å². The Morgan fingerprint density at radius 2 is 1.19 bits per heavy atom. The lowest BCUT2D eigenvalue weighted by atomic mass is 9.74. The number of alkyl halides is 3. The Kier molecular flexibility index (Phi) is 5.99. The van der Waals surface area contributed by atoms with Gasteiger partial charge >= 0.3 is 6.18 Å². The second-order valence-electron chi connectivity index (χ2n) is 15.5. The summed E-state index contributed by atoms with van der Waals surface area (Å²) in [7, 11) is 0. The monoisotopic (exact) mass is 772 g/mol. The second-order valence-corrected chi connectivity index (χ2v) is 15.5. The molecule has 6 aromatic carbocycles. The van der Waals surface area contributed by atoms with Crippen LogP contribution in [0.5, 0.6) is 0 Å². The molecule has 2 aromatic heterocycles. The van der Waals surface area contributed by atoms with Crippen LogP contribution < -0.4 is 26.5 Å². The summed E-state index contributed by atoms with van der Waals surface area (Å²) >= 11 is 0. The highest BCUT2D eigenvalue weighted by Gasteiger charge is 2.53. The fraction of sp³-hybridized carbons (Fsp3) is 0.0612. The van der Waals surface area contributed by atoms with E-state index in [1.54, 1.807) is 36.7 Å². The molecule has 3 aliphatic carbocycles. The molecule has 2 atom stereocenters. The maximum Gasteiger partial charge on any atom is 0.417 e. The number of carbonyl (C=O) groups excluding carboxylic acids is 1. The molecule has 0 radical (unpaired) electrons. The SMILES string of the molecule is O=C1C(c2ccc3cccc4c3c2NC2(N4)c3ccccc3-c3ncccc32)=C(C(F)(F)F)/C1=c1/ccc2cccc3c2c1NC1(N=3)c2ccccc2-c2ncccc21. The third kappa shape index (κ3) is 3.97. The molecule has 0 bridgehead atoms. The van der Waals surface area contributed by atoms with E-state index in [9.17, 15) is 4.79 Å². The lowest BCUT2D eigenvalue weighted by Gasteiger charge is -2.41. The maximum atomic E-state index is 15.9. The van der Waals surface area contributed by atoms with Crippen molar-refractivity contribution in [1.82, 2.24) is 9.97 Å². The molecule has 3 N–H and O–H groups in total. The van der Waals surface area contributed by atoms with Gasteiger partial charge in [-0.2, -0.15) is 13.2 Å². The molecule has 5 aliphatic rings. The summed E-state index contributed by atoms with van der Waals surface area (Å²) in [6.45, 7) is 0. The minimum atomic E-state index is -4.88. The smallest absolute Gasteiger partial charge is 0.355 e. The van der Waals surface area contributed by atoms with Gasteiger partial charge in [-0.3, -0.25) is 14.8 Å². The third-order valence-electron chi connectivity index (χ3n) is 12.6. The quantitative estimate of drug-likeness (QED) is 0.154. The maximum absolute atomic E-state index is 15.9. The lowest BCUT2D eigenvalue weighted by Crippen LogP contribution is -2.45. The van der Waals surface area contributed by atoms with Crippen LogP contribution in [0.4, 0.5) is 30.2 Å². The highest BCUT2D eigenvalue weighted by Crippen LogP contribution is 2.57. The van der Waals surface area contributed by atoms with Crippen LogP contribution >= 0.6 is 0 Å². The van der Waals surface area contributed by atoms with E-state index in [1.807, 2.05) is 109 Å². The van der Waals surface area contributed by atoms with Crippen LogP contribution in [0.25, 0.3) is 55.2 Å². The number of pyridine rings is 2. The van der Waals surface area contributed by atoms with E-state index in [0.717, 1.165) is 61.2 Å². The van der Waals surface area contributed by atoms with Crippen LogP contribution in [0.2, 0.25) is 0 Å². The van der Waals surface area contributed by atoms with Crippen LogP contribution in [0.1, 0.15) is 27.8 Å². The summed E-state index contributed by atoms with van der Waals surface area (Å²) in [6, 6.07) is 41.5. The normalized spacial score (nSPS) is 21.0. The first-order valence-corrected chi connectivity index (χ1v) is 19.3. The Hall–Kier alpha value is -7.59. The molecule has 0 saturated heterocycles. The number of hydrogen-bond acceptors (Lipinski definition) is 7. The number of carbonyl (C=O) groups is 1. The van der Waals surface area contributed by atoms with Crippen LogP contribution in [-0.4, -0.2) is 21.9 Å². The fourth-order valence-corrected chi connectivity index (χ4v) is 10.3. The average Bonchev–Trinajstić information content (AvgIpc) is 3.67. The molecular formula is C49H27F3N6O. The highest BCUT2D eigenvalue weighted by atomic mass is 19.4. The molecule has 2 aliphatic heterocycles. The van der Waals surface area contributed by atoms with Crippen molar-refractivity contribution in [3.05, 3.63) is 190 Å². The van der Waals surface area contributed by atoms with E-state index in [4.69, 9.17) is 15.0 Å². The predicted octanol–water partition coefficient (Wildman–Crippen LogP) is 9.18. The predicted molar refractivity (Wildman–Crippen MR) is 222 cm³/mol. The lowest BCUT2D eigenvalue weighted by molar-refractivity contribution is -0.114. The first kappa shape index (κ1) is 32.5. The van der Waals surface area contributed by atoms with E-state index < -0.39 is 28.9 Å². The van der Waals surface area contributed by atoms with Gasteiger partial charge in [-0.05, 0) is 35.0 Å². The van der Waals surface area contributed by atoms with E-state index in [0.29, 0.717) is 27.5 Å². The van der Waals surface area contributed by atoms with Crippen molar-refractivity contribution in [3.8, 4) is 22.5 Å². The molecule has 7 nitrogen and oxygen atoms in total. The highest BCUT2D eigenvalue weighted by molar-refractivity contribution is 6.53. The van der Waals surface area contributed by atoms with E-state index >= 15 is 13.2 Å². The Morgan fingerprint density at radius 3 is 1.98 bits per heavy atom. The molecule has 4 heterocycles. The van der Waals surface area contributed by atoms with Crippen molar-refractivity contribution in [1.29, 1.82) is 0 Å². The van der Waals surface area contributed by atoms with Gasteiger partial charge in [0.2, 0.25) is 0 Å². The van der Waals surface area contributed by atoms with E-state index in [1.165, 1.54) is 0 Å². The summed E-state index contributed by atoms with van der Waals surface area (Å²) in [5.74, 6) is -0.686. The zero-order valence-electron chi connectivity index (χ0n) is 30.7. The summed E-state index contributed by atoms with van der Waals surface area (Å²) in [6.07, 6.45) is -1.42. The van der Waals surface area contributed by atoms with Crippen molar-refractivity contribution < 1.29 is 18.0 Å². The third-order valence-corrected chi connectivity index (χ3v) is 12.6. The van der Waals surface area contributed by atoms with Gasteiger partial charge < -0.3 is 16.0 Å². The number of nitrogens with one attached hydrogen (secondary N) is 3. The van der Waals surface area contributed by atoms with Gasteiger partial charge in [0.25, 0.3) is 0 Å². The Bertz CT molecular complexity index is 3370. The molecule has 0 fully saturated rings. The fourth-order valence-electron chi connectivity index (χ4n) is 10.3. The van der Waals surface area contributed by atoms with Crippen molar-refractivity contribution >= 4 is 55.5 Å². The molecule has 0 amide bonds. The molecule has 0 saturated carbocycles. The van der Waals surface area contributed by atoms with E-state index in [2.05, 4.69) is 16.0 Å². The average molecular weight is 773 g/mol. The number of fused-ring (bicyclic) bond motifs is 10. The number of benzene rings is 6. The number of ketones is 1. The molecule has 10 heteroatoms. The molecule has 2 spiro atoms. The molecule has 280 valence electrons. The zero-order valence-corrected chi connectivity index (χ0v) is 30.7. The summed E-state index contributed by atoms with van der Waals surface area (Å²) < 4.78 is 47.7. The van der Waals surface area contributed by atoms with E-state index in [-0.39, 0.29) is 21.9 Å². The number of aromatic nitrogens is 2. The summed E-state index contributed by atoms with van der Waals surface area (Å²) in [4.78, 5) is 29.7. The molecule has 8 aromatic rings. The molecule has 59 heavy (non-hydrogen) atoms. The van der Waals surface area contributed by atoms with Gasteiger partial charge in [0.15, 0.2) is 17.1 Å².